The molecule has 68 heavy (non-hydrogen) atoms. The minimum Gasteiger partial charge on any atom is -0.756 e. The summed E-state index contributed by atoms with van der Waals surface area (Å²) in [6, 6.07) is -0.794. The van der Waals surface area contributed by atoms with E-state index in [0.717, 1.165) is 38.5 Å². The predicted octanol–water partition coefficient (Wildman–Crippen LogP) is 17.8. The molecule has 8 nitrogen and oxygen atoms in total. The zero-order valence-corrected chi connectivity index (χ0v) is 47.5. The van der Waals surface area contributed by atoms with E-state index in [-0.39, 0.29) is 19.1 Å². The molecule has 0 bridgehead atoms. The van der Waals surface area contributed by atoms with Crippen LogP contribution in [0, 0.1) is 0 Å². The van der Waals surface area contributed by atoms with E-state index < -0.39 is 20.0 Å². The second-order valence-corrected chi connectivity index (χ2v) is 23.8. The third-order valence-corrected chi connectivity index (χ3v) is 15.3. The average Bonchev–Trinajstić information content (AvgIpc) is 3.30. The van der Waals surface area contributed by atoms with Gasteiger partial charge in [0.15, 0.2) is 0 Å². The van der Waals surface area contributed by atoms with Crippen molar-refractivity contribution in [1.29, 1.82) is 0 Å². The number of hydrogen-bond acceptors (Lipinski definition) is 6. The van der Waals surface area contributed by atoms with E-state index in [1.165, 1.54) is 257 Å². The van der Waals surface area contributed by atoms with Gasteiger partial charge in [-0.1, -0.05) is 303 Å². The molecule has 3 atom stereocenters. The number of rotatable bonds is 57. The maximum absolute atomic E-state index is 13.0. The molecule has 0 aromatic rings. The summed E-state index contributed by atoms with van der Waals surface area (Å²) in [6.45, 7) is 4.77. The highest BCUT2D eigenvalue weighted by Crippen LogP contribution is 2.38. The lowest BCUT2D eigenvalue weighted by Gasteiger charge is -2.30. The van der Waals surface area contributed by atoms with Gasteiger partial charge in [-0.25, -0.2) is 0 Å². The van der Waals surface area contributed by atoms with Crippen molar-refractivity contribution in [3.63, 3.8) is 0 Å². The topological polar surface area (TPSA) is 108 Å². The van der Waals surface area contributed by atoms with Crippen LogP contribution >= 0.6 is 7.82 Å². The van der Waals surface area contributed by atoms with Crippen molar-refractivity contribution >= 4 is 13.7 Å². The van der Waals surface area contributed by atoms with E-state index in [2.05, 4.69) is 19.2 Å². The Labute approximate surface area is 425 Å². The first-order valence-corrected chi connectivity index (χ1v) is 31.8. The Morgan fingerprint density at radius 3 is 1.00 bits per heavy atom. The second-order valence-electron chi connectivity index (χ2n) is 22.4. The minimum atomic E-state index is -4.56. The van der Waals surface area contributed by atoms with Gasteiger partial charge < -0.3 is 28.8 Å². The van der Waals surface area contributed by atoms with Gasteiger partial charge in [-0.2, -0.15) is 0 Å². The van der Waals surface area contributed by atoms with Gasteiger partial charge in [-0.15, -0.1) is 0 Å². The minimum absolute atomic E-state index is 0.0165. The van der Waals surface area contributed by atoms with Crippen LogP contribution in [0.1, 0.15) is 322 Å². The molecule has 0 aliphatic carbocycles. The van der Waals surface area contributed by atoms with Crippen molar-refractivity contribution in [3.8, 4) is 0 Å². The normalized spacial score (nSPS) is 13.8. The molecule has 0 fully saturated rings. The van der Waals surface area contributed by atoms with Crippen molar-refractivity contribution in [2.75, 3.05) is 40.9 Å². The van der Waals surface area contributed by atoms with E-state index in [1.807, 2.05) is 21.1 Å². The van der Waals surface area contributed by atoms with Crippen LogP contribution in [0.4, 0.5) is 0 Å². The average molecular weight is 986 g/mol. The summed E-state index contributed by atoms with van der Waals surface area (Å²) in [5, 5.41) is 14.0. The van der Waals surface area contributed by atoms with E-state index in [4.69, 9.17) is 9.05 Å². The van der Waals surface area contributed by atoms with Crippen LogP contribution in [-0.4, -0.2) is 68.5 Å². The first-order valence-electron chi connectivity index (χ1n) is 30.4. The molecule has 2 N–H and O–H groups in total. The number of amides is 1. The second kappa shape index (κ2) is 51.4. The summed E-state index contributed by atoms with van der Waals surface area (Å²) < 4.78 is 23.4. The molecule has 0 spiro atoms. The number of phosphoric acid groups is 1. The Hall–Kier alpha value is -0.500. The molecular weight excluding hydrogens is 864 g/mol. The van der Waals surface area contributed by atoms with E-state index in [9.17, 15) is 19.4 Å². The Bertz CT molecular complexity index is 1070. The van der Waals surface area contributed by atoms with Crippen LogP contribution in [0.2, 0.25) is 0 Å². The lowest BCUT2D eigenvalue weighted by atomic mass is 10.0. The largest absolute Gasteiger partial charge is 0.756 e. The lowest BCUT2D eigenvalue weighted by molar-refractivity contribution is -0.870. The van der Waals surface area contributed by atoms with Gasteiger partial charge in [-0.3, -0.25) is 9.36 Å². The van der Waals surface area contributed by atoms with Gasteiger partial charge in [0.25, 0.3) is 7.82 Å². The fourth-order valence-corrected chi connectivity index (χ4v) is 10.3. The number of nitrogens with one attached hydrogen (secondary N) is 1. The number of carbonyl (C=O) groups excluding carboxylic acids is 1. The molecule has 0 rings (SSSR count). The van der Waals surface area contributed by atoms with Crippen LogP contribution < -0.4 is 10.2 Å². The standard InChI is InChI=1S/C59H121N2O6P/c1-6-8-10-12-14-16-18-20-22-23-24-25-26-27-28-29-30-31-32-33-34-35-36-37-38-39-41-43-45-47-49-51-53-59(63)60-57(56-67-68(64,65)66-55-54-61(3,4)5)58(62)52-50-48-46-44-42-40-21-19-17-15-13-11-9-7-2/h57-58,62H,6-56H2,1-5H3,(H-,60,63,64,65)/t57-,58+/m0/s1. The van der Waals surface area contributed by atoms with Crippen molar-refractivity contribution in [3.05, 3.63) is 0 Å². The van der Waals surface area contributed by atoms with Gasteiger partial charge in [0.2, 0.25) is 5.91 Å². The van der Waals surface area contributed by atoms with Gasteiger partial charge in [0.1, 0.15) is 13.2 Å². The summed E-state index contributed by atoms with van der Waals surface area (Å²) in [5.74, 6) is -0.157. The van der Waals surface area contributed by atoms with Gasteiger partial charge in [0.05, 0.1) is 39.9 Å². The predicted molar refractivity (Wildman–Crippen MR) is 293 cm³/mol. The molecule has 0 aromatic carbocycles. The Balaban J connectivity index is 3.94. The Morgan fingerprint density at radius 2 is 0.721 bits per heavy atom. The van der Waals surface area contributed by atoms with Crippen LogP contribution in [0.15, 0.2) is 0 Å². The zero-order valence-electron chi connectivity index (χ0n) is 46.6. The highest BCUT2D eigenvalue weighted by molar-refractivity contribution is 7.45. The van der Waals surface area contributed by atoms with Crippen molar-refractivity contribution in [1.82, 2.24) is 5.32 Å². The van der Waals surface area contributed by atoms with Gasteiger partial charge in [-0.05, 0) is 12.8 Å². The number of carbonyl (C=O) groups is 1. The summed E-state index contributed by atoms with van der Waals surface area (Å²) in [5.41, 5.74) is 0. The number of aliphatic hydroxyl groups is 1. The molecule has 1 amide bonds. The molecule has 0 heterocycles. The van der Waals surface area contributed by atoms with Crippen molar-refractivity contribution in [2.45, 2.75) is 334 Å². The fourth-order valence-electron chi connectivity index (χ4n) is 9.57. The number of quaternary nitrogens is 1. The van der Waals surface area contributed by atoms with E-state index in [1.54, 1.807) is 0 Å². The highest BCUT2D eigenvalue weighted by Gasteiger charge is 2.24. The molecule has 0 aliphatic heterocycles. The smallest absolute Gasteiger partial charge is 0.268 e. The number of hydrogen-bond donors (Lipinski definition) is 2. The van der Waals surface area contributed by atoms with E-state index in [0.29, 0.717) is 23.9 Å². The lowest BCUT2D eigenvalue weighted by Crippen LogP contribution is -2.46. The number of aliphatic hydroxyl groups excluding tert-OH is 1. The van der Waals surface area contributed by atoms with Crippen LogP contribution in [-0.2, 0) is 18.4 Å². The van der Waals surface area contributed by atoms with Gasteiger partial charge in [0, 0.05) is 6.42 Å². The maximum atomic E-state index is 13.0. The molecule has 0 aliphatic rings. The first-order chi connectivity index (χ1) is 33.0. The monoisotopic (exact) mass is 985 g/mol. The van der Waals surface area contributed by atoms with Crippen LogP contribution in [0.5, 0.6) is 0 Å². The van der Waals surface area contributed by atoms with Crippen molar-refractivity contribution < 1.29 is 32.9 Å². The SMILES string of the molecule is CCCCCCCCCCCCCCCCCCCCCCCCCCCCCCCCCCC(=O)N[C@@H](COP(=O)([O-])OCC[N+](C)(C)C)[C@H](O)CCCCCCCCCCCCCCCC. The van der Waals surface area contributed by atoms with E-state index >= 15 is 0 Å². The summed E-state index contributed by atoms with van der Waals surface area (Å²) >= 11 is 0. The Kier molecular flexibility index (Phi) is 51.0. The van der Waals surface area contributed by atoms with Gasteiger partial charge >= 0.3 is 0 Å². The third-order valence-electron chi connectivity index (χ3n) is 14.3. The Morgan fingerprint density at radius 1 is 0.456 bits per heavy atom. The maximum Gasteiger partial charge on any atom is 0.268 e. The quantitative estimate of drug-likeness (QED) is 0.0357. The number of nitrogens with zero attached hydrogens (tertiary/aromatic N) is 1. The summed E-state index contributed by atoms with van der Waals surface area (Å²) in [4.78, 5) is 25.5. The highest BCUT2D eigenvalue weighted by atomic mass is 31.2. The first kappa shape index (κ1) is 67.5. The molecule has 0 saturated carbocycles. The van der Waals surface area contributed by atoms with Crippen molar-refractivity contribution in [2.24, 2.45) is 0 Å². The molecular formula is C59H121N2O6P. The number of phosphoric ester groups is 1. The molecule has 9 heteroatoms. The summed E-state index contributed by atoms with van der Waals surface area (Å²) in [6.07, 6.45) is 61.6. The third kappa shape index (κ3) is 53.3. The molecule has 408 valence electrons. The van der Waals surface area contributed by atoms with Crippen LogP contribution in [0.3, 0.4) is 0 Å². The molecule has 0 saturated heterocycles. The van der Waals surface area contributed by atoms with Crippen LogP contribution in [0.25, 0.3) is 0 Å². The molecule has 0 radical (unpaired) electrons. The number of likely N-dealkylation sites (N-methyl/N-ethyl adjacent to an activating group) is 1. The molecule has 0 aromatic heterocycles. The zero-order chi connectivity index (χ0) is 49.9. The fraction of sp³-hybridized carbons (Fsp3) is 0.983. The number of unbranched alkanes of at least 4 members (excludes halogenated alkanes) is 44. The molecule has 1 unspecified atom stereocenters. The summed E-state index contributed by atoms with van der Waals surface area (Å²) in [7, 11) is 1.32.